The summed E-state index contributed by atoms with van der Waals surface area (Å²) in [5.41, 5.74) is 1.02. The molecule has 18 heavy (non-hydrogen) atoms. The quantitative estimate of drug-likeness (QED) is 0.847. The fraction of sp³-hybridized carbons (Fsp3) is 0.167. The van der Waals surface area contributed by atoms with Crippen LogP contribution in [0.2, 0.25) is 0 Å². The third kappa shape index (κ3) is 3.44. The van der Waals surface area contributed by atoms with Crippen molar-refractivity contribution >= 4 is 27.7 Å². The van der Waals surface area contributed by atoms with Gasteiger partial charge in [-0.1, -0.05) is 33.8 Å². The average Bonchev–Trinajstić information content (AvgIpc) is 2.33. The van der Waals surface area contributed by atoms with Crippen molar-refractivity contribution in [2.45, 2.75) is 16.6 Å². The van der Waals surface area contributed by atoms with Gasteiger partial charge in [-0.15, -0.1) is 0 Å². The summed E-state index contributed by atoms with van der Waals surface area (Å²) in [5, 5.41) is 3.72. The number of hydrogen-bond donors (Lipinski definition) is 2. The minimum absolute atomic E-state index is 0.141. The zero-order valence-electron chi connectivity index (χ0n) is 9.74. The minimum Gasteiger partial charge on any atom is -0.316 e. The second kappa shape index (κ2) is 6.17. The molecule has 0 radical (unpaired) electrons. The van der Waals surface area contributed by atoms with Crippen LogP contribution in [0.1, 0.15) is 5.56 Å². The molecule has 94 valence electrons. The molecule has 1 aromatic heterocycles. The predicted molar refractivity (Wildman–Crippen MR) is 75.9 cm³/mol. The van der Waals surface area contributed by atoms with E-state index in [4.69, 9.17) is 0 Å². The molecule has 0 amide bonds. The maximum Gasteiger partial charge on any atom is 0.251 e. The van der Waals surface area contributed by atoms with Gasteiger partial charge in [0, 0.05) is 28.2 Å². The zero-order valence-corrected chi connectivity index (χ0v) is 12.1. The van der Waals surface area contributed by atoms with Crippen LogP contribution in [0.3, 0.4) is 0 Å². The number of hydrogen-bond acceptors (Lipinski definition) is 4. The third-order valence-electron chi connectivity index (χ3n) is 2.25. The smallest absolute Gasteiger partial charge is 0.251 e. The topological polar surface area (TPSA) is 57.8 Å². The Hall–Kier alpha value is -1.11. The summed E-state index contributed by atoms with van der Waals surface area (Å²) in [7, 11) is 1.90. The van der Waals surface area contributed by atoms with Gasteiger partial charge in [-0.05, 0) is 24.7 Å². The maximum absolute atomic E-state index is 11.2. The average molecular weight is 326 g/mol. The van der Waals surface area contributed by atoms with Crippen LogP contribution in [0.5, 0.6) is 0 Å². The number of nitrogens with zero attached hydrogens (tertiary/aromatic N) is 1. The summed E-state index contributed by atoms with van der Waals surface area (Å²) in [5.74, 6) is 0. The van der Waals surface area contributed by atoms with Crippen LogP contribution in [0, 0.1) is 0 Å². The van der Waals surface area contributed by atoms with Crippen LogP contribution in [-0.4, -0.2) is 17.0 Å². The van der Waals surface area contributed by atoms with Crippen molar-refractivity contribution in [3.05, 3.63) is 50.9 Å². The van der Waals surface area contributed by atoms with Gasteiger partial charge in [0.25, 0.3) is 5.56 Å². The Kier molecular flexibility index (Phi) is 4.57. The van der Waals surface area contributed by atoms with E-state index in [0.717, 1.165) is 21.5 Å². The molecule has 0 spiro atoms. The van der Waals surface area contributed by atoms with Gasteiger partial charge in [-0.25, -0.2) is 4.98 Å². The molecule has 2 rings (SSSR count). The Morgan fingerprint density at radius 3 is 3.00 bits per heavy atom. The molecule has 6 heteroatoms. The number of benzene rings is 1. The molecule has 0 bridgehead atoms. The molecule has 0 aliphatic carbocycles. The molecule has 0 fully saturated rings. The van der Waals surface area contributed by atoms with E-state index >= 15 is 0 Å². The molecule has 0 unspecified atom stereocenters. The Balaban J connectivity index is 2.32. The van der Waals surface area contributed by atoms with Crippen LogP contribution < -0.4 is 10.9 Å². The zero-order chi connectivity index (χ0) is 13.0. The van der Waals surface area contributed by atoms with E-state index in [1.807, 2.05) is 25.2 Å². The molecule has 2 aromatic rings. The van der Waals surface area contributed by atoms with Crippen LogP contribution in [0.4, 0.5) is 0 Å². The highest BCUT2D eigenvalue weighted by atomic mass is 79.9. The van der Waals surface area contributed by atoms with Gasteiger partial charge in [-0.2, -0.15) is 0 Å². The first kappa shape index (κ1) is 13.3. The second-order valence-electron chi connectivity index (χ2n) is 3.62. The third-order valence-corrected chi connectivity index (χ3v) is 3.74. The van der Waals surface area contributed by atoms with Crippen molar-refractivity contribution in [1.29, 1.82) is 0 Å². The van der Waals surface area contributed by atoms with Crippen LogP contribution in [0.15, 0.2) is 49.8 Å². The lowest BCUT2D eigenvalue weighted by atomic mass is 10.2. The fourth-order valence-corrected chi connectivity index (χ4v) is 2.91. The summed E-state index contributed by atoms with van der Waals surface area (Å²) in [6, 6.07) is 7.46. The van der Waals surface area contributed by atoms with E-state index in [1.165, 1.54) is 24.0 Å². The highest BCUT2D eigenvalue weighted by molar-refractivity contribution is 9.10. The lowest BCUT2D eigenvalue weighted by Gasteiger charge is -2.08. The summed E-state index contributed by atoms with van der Waals surface area (Å²) >= 11 is 4.89. The van der Waals surface area contributed by atoms with E-state index in [1.54, 1.807) is 0 Å². The number of halogens is 1. The van der Waals surface area contributed by atoms with Crippen molar-refractivity contribution in [2.24, 2.45) is 0 Å². The Bertz CT molecular complexity index is 600. The largest absolute Gasteiger partial charge is 0.316 e. The summed E-state index contributed by atoms with van der Waals surface area (Å²) in [6.07, 6.45) is 1.51. The summed E-state index contributed by atoms with van der Waals surface area (Å²) < 4.78 is 1.00. The van der Waals surface area contributed by atoms with Gasteiger partial charge in [0.1, 0.15) is 0 Å². The lowest BCUT2D eigenvalue weighted by molar-refractivity contribution is 0.802. The van der Waals surface area contributed by atoms with E-state index in [0.29, 0.717) is 5.16 Å². The van der Waals surface area contributed by atoms with E-state index in [9.17, 15) is 4.79 Å². The van der Waals surface area contributed by atoms with E-state index in [2.05, 4.69) is 31.2 Å². The Morgan fingerprint density at radius 2 is 2.28 bits per heavy atom. The predicted octanol–water partition coefficient (Wildman–Crippen LogP) is 2.40. The number of aromatic amines is 1. The molecule has 0 aliphatic rings. The normalized spacial score (nSPS) is 10.6. The van der Waals surface area contributed by atoms with Crippen molar-refractivity contribution in [3.63, 3.8) is 0 Å². The monoisotopic (exact) mass is 325 g/mol. The van der Waals surface area contributed by atoms with Crippen molar-refractivity contribution < 1.29 is 0 Å². The fourth-order valence-electron chi connectivity index (χ4n) is 1.47. The summed E-state index contributed by atoms with van der Waals surface area (Å²) in [4.78, 5) is 19.1. The lowest BCUT2D eigenvalue weighted by Crippen LogP contribution is -2.07. The minimum atomic E-state index is -0.141. The Morgan fingerprint density at radius 1 is 1.44 bits per heavy atom. The first-order chi connectivity index (χ1) is 8.69. The molecule has 4 nitrogen and oxygen atoms in total. The number of H-pyrrole nitrogens is 1. The number of nitrogens with one attached hydrogen (secondary N) is 2. The number of aromatic nitrogens is 2. The highest BCUT2D eigenvalue weighted by Crippen LogP contribution is 2.30. The molecule has 0 atom stereocenters. The number of rotatable bonds is 4. The van der Waals surface area contributed by atoms with Crippen LogP contribution >= 0.6 is 27.7 Å². The second-order valence-corrected chi connectivity index (χ2v) is 5.57. The molecule has 0 saturated carbocycles. The van der Waals surface area contributed by atoms with E-state index in [-0.39, 0.29) is 5.56 Å². The first-order valence-electron chi connectivity index (χ1n) is 5.35. The van der Waals surface area contributed by atoms with E-state index < -0.39 is 0 Å². The molecule has 0 aliphatic heterocycles. The Labute approximate surface area is 117 Å². The molecular formula is C12H12BrN3OS. The van der Waals surface area contributed by atoms with Gasteiger partial charge in [-0.3, -0.25) is 4.79 Å². The van der Waals surface area contributed by atoms with Crippen LogP contribution in [-0.2, 0) is 6.54 Å². The maximum atomic E-state index is 11.2. The molecule has 0 saturated heterocycles. The molecular weight excluding hydrogens is 314 g/mol. The van der Waals surface area contributed by atoms with Gasteiger partial charge >= 0.3 is 0 Å². The van der Waals surface area contributed by atoms with Crippen molar-refractivity contribution in [1.82, 2.24) is 15.3 Å². The molecule has 2 N–H and O–H groups in total. The molecule has 1 aromatic carbocycles. The van der Waals surface area contributed by atoms with Crippen LogP contribution in [0.25, 0.3) is 0 Å². The highest BCUT2D eigenvalue weighted by Gasteiger charge is 2.06. The summed E-state index contributed by atoms with van der Waals surface area (Å²) in [6.45, 7) is 0.771. The van der Waals surface area contributed by atoms with Gasteiger partial charge in [0.2, 0.25) is 0 Å². The van der Waals surface area contributed by atoms with Gasteiger partial charge in [0.15, 0.2) is 5.16 Å². The van der Waals surface area contributed by atoms with Crippen molar-refractivity contribution in [2.75, 3.05) is 7.05 Å². The van der Waals surface area contributed by atoms with Gasteiger partial charge in [0.05, 0.1) is 0 Å². The standard InChI is InChI=1S/C12H12BrN3OS/c1-14-7-8-2-3-9(13)6-10(8)18-12-15-5-4-11(17)16-12/h2-6,14H,7H2,1H3,(H,15,16,17). The SMILES string of the molecule is CNCc1ccc(Br)cc1Sc1nccc(=O)[nH]1. The molecule has 1 heterocycles. The first-order valence-corrected chi connectivity index (χ1v) is 6.96. The van der Waals surface area contributed by atoms with Gasteiger partial charge < -0.3 is 10.3 Å². The van der Waals surface area contributed by atoms with Crippen molar-refractivity contribution in [3.8, 4) is 0 Å².